The fourth-order valence-corrected chi connectivity index (χ4v) is 9.17. The Labute approximate surface area is 402 Å². The molecule has 0 saturated carbocycles. The topological polar surface area (TPSA) is 76.1 Å². The van der Waals surface area contributed by atoms with Crippen molar-refractivity contribution in [2.45, 2.75) is 107 Å². The van der Waals surface area contributed by atoms with Crippen LogP contribution < -0.4 is 5.46 Å². The number of aromatic nitrogens is 4. The number of nitrogens with zero attached hydrogens (tertiary/aromatic N) is 4. The Bertz CT molecular complexity index is 2760. The Balaban J connectivity index is 0.000000182. The quantitative estimate of drug-likeness (QED) is 0.134. The molecule has 0 fully saturated rings. The molecule has 0 amide bonds. The molecule has 8 heteroatoms. The first-order valence-corrected chi connectivity index (χ1v) is 23.9. The van der Waals surface area contributed by atoms with Gasteiger partial charge in [-0.05, 0) is 114 Å². The summed E-state index contributed by atoms with van der Waals surface area (Å²) in [4.78, 5) is 9.37. The zero-order valence-corrected chi connectivity index (χ0v) is 42.4. The third-order valence-corrected chi connectivity index (χ3v) is 12.2. The average Bonchev–Trinajstić information content (AvgIpc) is 3.97. The SMILES string of the molecule is CC(C)c1cc(Br)cc(C(C)C)c1-n1ccnc1-c1ccccc1.Cc1cc(C)cc(-c2cc(C(C)C)c(-n3ccnc3-c3ccccc3)c(C(C)C)c2)c1.Cc1cc(C)cc(B(O)O)c1. The van der Waals surface area contributed by atoms with Gasteiger partial charge in [-0.25, -0.2) is 9.97 Å². The van der Waals surface area contributed by atoms with E-state index in [0.717, 1.165) is 38.4 Å². The summed E-state index contributed by atoms with van der Waals surface area (Å²) in [5, 5.41) is 17.7. The lowest BCUT2D eigenvalue weighted by atomic mass is 9.79. The Kier molecular flexibility index (Phi) is 16.6. The zero-order chi connectivity index (χ0) is 47.8. The molecular formula is C58H66BBrN4O2. The molecule has 340 valence electrons. The standard InChI is InChI=1S/C29H32N2.C21H23BrN2.C8H11BO2/c1-19(2)26-17-25(24-15-21(5)14-22(6)16-24)18-27(20(3)4)28(26)31-13-12-30-29(31)23-10-8-7-9-11-23;1-14(2)18-12-17(22)13-19(15(3)4)20(18)24-11-10-23-21(24)16-8-6-5-7-9-16;1-6-3-7(2)5-8(4-6)9(10)11/h7-20H,1-6H3;5-15H,1-4H3;3-5,10-11H,1-2H3. The second-order valence-corrected chi connectivity index (χ2v) is 19.6. The van der Waals surface area contributed by atoms with Crippen molar-refractivity contribution in [3.05, 3.63) is 195 Å². The van der Waals surface area contributed by atoms with E-state index in [4.69, 9.17) is 15.0 Å². The molecular weight excluding hydrogens is 875 g/mol. The van der Waals surface area contributed by atoms with Gasteiger partial charge in [0.05, 0.1) is 11.4 Å². The second-order valence-electron chi connectivity index (χ2n) is 18.7. The Morgan fingerprint density at radius 3 is 1.12 bits per heavy atom. The maximum Gasteiger partial charge on any atom is 0.488 e. The van der Waals surface area contributed by atoms with Crippen LogP contribution in [0, 0.1) is 27.7 Å². The second kappa shape index (κ2) is 22.1. The van der Waals surface area contributed by atoms with E-state index in [0.29, 0.717) is 29.1 Å². The van der Waals surface area contributed by atoms with Gasteiger partial charge in [0.1, 0.15) is 11.6 Å². The minimum Gasteiger partial charge on any atom is -0.423 e. The molecule has 6 nitrogen and oxygen atoms in total. The molecule has 0 unspecified atom stereocenters. The fourth-order valence-electron chi connectivity index (χ4n) is 8.68. The number of benzene rings is 6. The number of hydrogen-bond acceptors (Lipinski definition) is 4. The third-order valence-electron chi connectivity index (χ3n) is 11.7. The summed E-state index contributed by atoms with van der Waals surface area (Å²) in [6.07, 6.45) is 7.97. The highest BCUT2D eigenvalue weighted by Gasteiger charge is 2.22. The predicted molar refractivity (Wildman–Crippen MR) is 283 cm³/mol. The van der Waals surface area contributed by atoms with E-state index in [2.05, 4.69) is 209 Å². The van der Waals surface area contributed by atoms with Crippen LogP contribution in [0.25, 0.3) is 45.3 Å². The van der Waals surface area contributed by atoms with Crippen LogP contribution in [0.2, 0.25) is 0 Å². The molecule has 0 radical (unpaired) electrons. The molecule has 0 aliphatic heterocycles. The first-order valence-electron chi connectivity index (χ1n) is 23.2. The summed E-state index contributed by atoms with van der Waals surface area (Å²) in [6.45, 7) is 26.3. The summed E-state index contributed by atoms with van der Waals surface area (Å²) in [5.74, 6) is 3.63. The molecule has 0 spiro atoms. The van der Waals surface area contributed by atoms with Crippen molar-refractivity contribution in [2.75, 3.05) is 0 Å². The monoisotopic (exact) mass is 940 g/mol. The van der Waals surface area contributed by atoms with Crippen LogP contribution in [0.5, 0.6) is 0 Å². The molecule has 2 heterocycles. The summed E-state index contributed by atoms with van der Waals surface area (Å²) in [5.41, 5.74) is 18.0. The van der Waals surface area contributed by atoms with Crippen molar-refractivity contribution in [2.24, 2.45) is 0 Å². The van der Waals surface area contributed by atoms with Crippen LogP contribution in [0.3, 0.4) is 0 Å². The lowest BCUT2D eigenvalue weighted by molar-refractivity contribution is 0.425. The van der Waals surface area contributed by atoms with Gasteiger partial charge in [0.15, 0.2) is 0 Å². The number of imidazole rings is 2. The van der Waals surface area contributed by atoms with E-state index in [-0.39, 0.29) is 0 Å². The van der Waals surface area contributed by atoms with Crippen molar-refractivity contribution < 1.29 is 10.0 Å². The van der Waals surface area contributed by atoms with Crippen LogP contribution in [-0.2, 0) is 0 Å². The summed E-state index contributed by atoms with van der Waals surface area (Å²) in [7, 11) is -1.35. The van der Waals surface area contributed by atoms with E-state index in [1.54, 1.807) is 12.1 Å². The van der Waals surface area contributed by atoms with E-state index in [9.17, 15) is 0 Å². The Hall–Kier alpha value is -5.80. The van der Waals surface area contributed by atoms with E-state index in [1.807, 2.05) is 38.4 Å². The third kappa shape index (κ3) is 12.0. The lowest BCUT2D eigenvalue weighted by Crippen LogP contribution is -2.30. The van der Waals surface area contributed by atoms with Crippen molar-refractivity contribution >= 4 is 28.5 Å². The minimum absolute atomic E-state index is 0.393. The molecule has 6 aromatic carbocycles. The first-order chi connectivity index (χ1) is 31.4. The largest absolute Gasteiger partial charge is 0.488 e. The van der Waals surface area contributed by atoms with Gasteiger partial charge in [-0.1, -0.05) is 191 Å². The van der Waals surface area contributed by atoms with Crippen LogP contribution in [-0.4, -0.2) is 36.3 Å². The summed E-state index contributed by atoms with van der Waals surface area (Å²) >= 11 is 3.69. The van der Waals surface area contributed by atoms with Crippen LogP contribution in [0.1, 0.15) is 124 Å². The summed E-state index contributed by atoms with van der Waals surface area (Å²) in [6, 6.07) is 42.4. The Morgan fingerprint density at radius 1 is 0.439 bits per heavy atom. The van der Waals surface area contributed by atoms with Gasteiger partial charge in [-0.2, -0.15) is 0 Å². The molecule has 8 aromatic rings. The van der Waals surface area contributed by atoms with Gasteiger partial charge in [0.2, 0.25) is 0 Å². The van der Waals surface area contributed by atoms with Gasteiger partial charge < -0.3 is 10.0 Å². The minimum atomic E-state index is -1.35. The van der Waals surface area contributed by atoms with Crippen molar-refractivity contribution in [1.82, 2.24) is 19.1 Å². The molecule has 0 atom stereocenters. The van der Waals surface area contributed by atoms with Crippen molar-refractivity contribution in [3.63, 3.8) is 0 Å². The van der Waals surface area contributed by atoms with Gasteiger partial charge >= 0.3 is 7.12 Å². The lowest BCUT2D eigenvalue weighted by Gasteiger charge is -2.24. The average molecular weight is 942 g/mol. The number of halogens is 1. The molecule has 2 N–H and O–H groups in total. The van der Waals surface area contributed by atoms with Crippen LogP contribution in [0.4, 0.5) is 0 Å². The Morgan fingerprint density at radius 2 is 0.773 bits per heavy atom. The van der Waals surface area contributed by atoms with Crippen molar-refractivity contribution in [3.8, 4) is 45.3 Å². The van der Waals surface area contributed by atoms with E-state index >= 15 is 0 Å². The molecule has 66 heavy (non-hydrogen) atoms. The molecule has 2 aromatic heterocycles. The molecule has 0 aliphatic carbocycles. The highest BCUT2D eigenvalue weighted by molar-refractivity contribution is 9.10. The number of aryl methyl sites for hydroxylation is 4. The van der Waals surface area contributed by atoms with Crippen LogP contribution >= 0.6 is 15.9 Å². The van der Waals surface area contributed by atoms with Crippen molar-refractivity contribution in [1.29, 1.82) is 0 Å². The van der Waals surface area contributed by atoms with Gasteiger partial charge in [0.25, 0.3) is 0 Å². The zero-order valence-electron chi connectivity index (χ0n) is 40.8. The molecule has 0 bridgehead atoms. The normalized spacial score (nSPS) is 11.2. The first kappa shape index (κ1) is 49.6. The van der Waals surface area contributed by atoms with Gasteiger partial charge in [-0.15, -0.1) is 0 Å². The van der Waals surface area contributed by atoms with Gasteiger partial charge in [-0.3, -0.25) is 9.13 Å². The molecule has 0 aliphatic rings. The van der Waals surface area contributed by atoms with E-state index < -0.39 is 7.12 Å². The number of hydrogen-bond donors (Lipinski definition) is 2. The highest BCUT2D eigenvalue weighted by atomic mass is 79.9. The van der Waals surface area contributed by atoms with Crippen LogP contribution in [0.15, 0.2) is 151 Å². The smallest absolute Gasteiger partial charge is 0.423 e. The number of rotatable bonds is 10. The summed E-state index contributed by atoms with van der Waals surface area (Å²) < 4.78 is 5.66. The highest BCUT2D eigenvalue weighted by Crippen LogP contribution is 2.39. The fraction of sp³-hybridized carbons (Fsp3) is 0.276. The molecule has 0 saturated heterocycles. The van der Waals surface area contributed by atoms with E-state index in [1.165, 1.54) is 55.9 Å². The maximum atomic E-state index is 8.83. The molecule has 8 rings (SSSR count). The maximum absolute atomic E-state index is 8.83. The van der Waals surface area contributed by atoms with Gasteiger partial charge in [0, 0.05) is 40.4 Å². The predicted octanol–water partition coefficient (Wildman–Crippen LogP) is 14.6.